The number of benzene rings is 2. The van der Waals surface area contributed by atoms with Crippen molar-refractivity contribution < 1.29 is 4.79 Å². The Bertz CT molecular complexity index is 963. The fraction of sp³-hybridized carbons (Fsp3) is 0.105. The number of carbonyl (C=O) groups is 1. The van der Waals surface area contributed by atoms with Crippen molar-refractivity contribution in [3.8, 4) is 0 Å². The van der Waals surface area contributed by atoms with Crippen LogP contribution in [0.3, 0.4) is 0 Å². The van der Waals surface area contributed by atoms with Gasteiger partial charge >= 0.3 is 0 Å². The highest BCUT2D eigenvalue weighted by Crippen LogP contribution is 2.23. The number of hydrogen-bond donors (Lipinski definition) is 0. The Labute approximate surface area is 155 Å². The van der Waals surface area contributed by atoms with Crippen molar-refractivity contribution in [2.45, 2.75) is 6.54 Å². The van der Waals surface area contributed by atoms with Gasteiger partial charge in [0.25, 0.3) is 5.91 Å². The number of nitrogens with zero attached hydrogens (tertiary/aromatic N) is 3. The standard InChI is InChI=1S/C19H15N3OS2/c23-18-13-25-19(24)22(18)20-10-15-12-21(11-14-6-2-1-3-7-14)17-9-5-4-8-16(15)17/h1-10,12H,11,13H2/b20-10-. The summed E-state index contributed by atoms with van der Waals surface area (Å²) in [6, 6.07) is 18.5. The molecule has 124 valence electrons. The van der Waals surface area contributed by atoms with Gasteiger partial charge in [0.1, 0.15) is 0 Å². The molecule has 0 aliphatic carbocycles. The van der Waals surface area contributed by atoms with Crippen LogP contribution in [-0.4, -0.2) is 31.8 Å². The van der Waals surface area contributed by atoms with Gasteiger partial charge in [0.15, 0.2) is 4.32 Å². The van der Waals surface area contributed by atoms with Gasteiger partial charge in [-0.25, -0.2) is 0 Å². The highest BCUT2D eigenvalue weighted by Gasteiger charge is 2.26. The Morgan fingerprint density at radius 1 is 1.12 bits per heavy atom. The number of hydrogen-bond acceptors (Lipinski definition) is 4. The van der Waals surface area contributed by atoms with Crippen LogP contribution >= 0.6 is 24.0 Å². The number of thiocarbonyl (C=S) groups is 1. The summed E-state index contributed by atoms with van der Waals surface area (Å²) in [6.45, 7) is 0.784. The summed E-state index contributed by atoms with van der Waals surface area (Å²) >= 11 is 6.52. The molecule has 3 aromatic rings. The molecule has 0 radical (unpaired) electrons. The number of amides is 1. The third-order valence-electron chi connectivity index (χ3n) is 4.06. The Morgan fingerprint density at radius 2 is 1.88 bits per heavy atom. The molecule has 1 saturated heterocycles. The molecule has 4 rings (SSSR count). The van der Waals surface area contributed by atoms with Crippen LogP contribution in [0.15, 0.2) is 65.9 Å². The van der Waals surface area contributed by atoms with Crippen LogP contribution < -0.4 is 0 Å². The zero-order chi connectivity index (χ0) is 17.2. The first-order valence-corrected chi connectivity index (χ1v) is 9.27. The Hall–Kier alpha value is -2.44. The van der Waals surface area contributed by atoms with E-state index in [1.807, 2.05) is 30.3 Å². The number of thioether (sulfide) groups is 1. The summed E-state index contributed by atoms with van der Waals surface area (Å²) in [5.74, 6) is 0.297. The zero-order valence-corrected chi connectivity index (χ0v) is 15.0. The van der Waals surface area contributed by atoms with E-state index in [2.05, 4.69) is 40.1 Å². The normalized spacial score (nSPS) is 15.0. The summed E-state index contributed by atoms with van der Waals surface area (Å²) in [7, 11) is 0. The third kappa shape index (κ3) is 3.23. The van der Waals surface area contributed by atoms with E-state index in [4.69, 9.17) is 12.2 Å². The molecule has 4 nitrogen and oxygen atoms in total. The molecule has 1 fully saturated rings. The van der Waals surface area contributed by atoms with Gasteiger partial charge in [-0.05, 0) is 11.6 Å². The minimum Gasteiger partial charge on any atom is -0.342 e. The summed E-state index contributed by atoms with van der Waals surface area (Å²) < 4.78 is 2.71. The molecule has 0 spiro atoms. The van der Waals surface area contributed by atoms with Crippen molar-refractivity contribution >= 4 is 51.3 Å². The molecule has 0 N–H and O–H groups in total. The molecule has 0 bridgehead atoms. The number of rotatable bonds is 4. The van der Waals surface area contributed by atoms with Crippen LogP contribution in [0.5, 0.6) is 0 Å². The van der Waals surface area contributed by atoms with E-state index in [1.165, 1.54) is 22.3 Å². The molecule has 2 aromatic carbocycles. The molecular formula is C19H15N3OS2. The Balaban J connectivity index is 1.70. The smallest absolute Gasteiger partial charge is 0.259 e. The summed E-state index contributed by atoms with van der Waals surface area (Å²) in [6.07, 6.45) is 3.79. The zero-order valence-electron chi connectivity index (χ0n) is 13.3. The second kappa shape index (κ2) is 6.82. The molecule has 2 heterocycles. The largest absolute Gasteiger partial charge is 0.342 e. The highest BCUT2D eigenvalue weighted by molar-refractivity contribution is 8.23. The quantitative estimate of drug-likeness (QED) is 0.520. The van der Waals surface area contributed by atoms with E-state index in [0.717, 1.165) is 23.0 Å². The Morgan fingerprint density at radius 3 is 2.64 bits per heavy atom. The molecule has 1 aliphatic heterocycles. The molecular weight excluding hydrogens is 350 g/mol. The maximum absolute atomic E-state index is 11.8. The number of carbonyl (C=O) groups excluding carboxylic acids is 1. The van der Waals surface area contributed by atoms with E-state index in [1.54, 1.807) is 6.21 Å². The van der Waals surface area contributed by atoms with Gasteiger partial charge < -0.3 is 4.57 Å². The van der Waals surface area contributed by atoms with Crippen LogP contribution in [0.25, 0.3) is 10.9 Å². The molecule has 25 heavy (non-hydrogen) atoms. The van der Waals surface area contributed by atoms with E-state index in [-0.39, 0.29) is 5.91 Å². The molecule has 1 aliphatic rings. The van der Waals surface area contributed by atoms with Crippen molar-refractivity contribution in [2.75, 3.05) is 5.75 Å². The molecule has 1 amide bonds. The lowest BCUT2D eigenvalue weighted by Gasteiger charge is -2.05. The average Bonchev–Trinajstić information content (AvgIpc) is 3.15. The van der Waals surface area contributed by atoms with Crippen LogP contribution in [0.2, 0.25) is 0 Å². The van der Waals surface area contributed by atoms with Gasteiger partial charge in [-0.1, -0.05) is 72.5 Å². The summed E-state index contributed by atoms with van der Waals surface area (Å²) in [5, 5.41) is 6.72. The molecule has 0 saturated carbocycles. The van der Waals surface area contributed by atoms with Crippen molar-refractivity contribution in [1.82, 2.24) is 9.58 Å². The van der Waals surface area contributed by atoms with E-state index in [9.17, 15) is 4.79 Å². The predicted molar refractivity (Wildman–Crippen MR) is 107 cm³/mol. The number of aromatic nitrogens is 1. The van der Waals surface area contributed by atoms with Gasteiger partial charge in [-0.15, -0.1) is 0 Å². The van der Waals surface area contributed by atoms with Gasteiger partial charge in [0.05, 0.1) is 12.0 Å². The van der Waals surface area contributed by atoms with Crippen molar-refractivity contribution in [1.29, 1.82) is 0 Å². The number of fused-ring (bicyclic) bond motifs is 1. The van der Waals surface area contributed by atoms with E-state index in [0.29, 0.717) is 10.1 Å². The third-order valence-corrected chi connectivity index (χ3v) is 5.39. The van der Waals surface area contributed by atoms with Crippen LogP contribution in [0.4, 0.5) is 0 Å². The van der Waals surface area contributed by atoms with Gasteiger partial charge in [-0.3, -0.25) is 4.79 Å². The monoisotopic (exact) mass is 365 g/mol. The summed E-state index contributed by atoms with van der Waals surface area (Å²) in [4.78, 5) is 11.8. The van der Waals surface area contributed by atoms with E-state index >= 15 is 0 Å². The first-order chi connectivity index (χ1) is 12.2. The van der Waals surface area contributed by atoms with Gasteiger partial charge in [0, 0.05) is 29.2 Å². The average molecular weight is 365 g/mol. The van der Waals surface area contributed by atoms with Crippen molar-refractivity contribution in [2.24, 2.45) is 5.10 Å². The maximum Gasteiger partial charge on any atom is 0.259 e. The lowest BCUT2D eigenvalue weighted by molar-refractivity contribution is -0.123. The SMILES string of the molecule is O=C1CSC(=S)N1/N=C\c1cn(Cc2ccccc2)c2ccccc12. The van der Waals surface area contributed by atoms with Crippen molar-refractivity contribution in [3.05, 3.63) is 71.9 Å². The van der Waals surface area contributed by atoms with Crippen LogP contribution in [0, 0.1) is 0 Å². The van der Waals surface area contributed by atoms with Gasteiger partial charge in [0.2, 0.25) is 0 Å². The fourth-order valence-corrected chi connectivity index (χ4v) is 3.83. The van der Waals surface area contributed by atoms with Crippen LogP contribution in [0.1, 0.15) is 11.1 Å². The first kappa shape index (κ1) is 16.1. The minimum absolute atomic E-state index is 0.0701. The summed E-state index contributed by atoms with van der Waals surface area (Å²) in [5.41, 5.74) is 3.34. The topological polar surface area (TPSA) is 37.6 Å². The number of para-hydroxylation sites is 1. The number of hydrazone groups is 1. The minimum atomic E-state index is -0.0701. The lowest BCUT2D eigenvalue weighted by Crippen LogP contribution is -2.22. The molecule has 6 heteroatoms. The second-order valence-electron chi connectivity index (χ2n) is 5.72. The highest BCUT2D eigenvalue weighted by atomic mass is 32.2. The molecule has 1 aromatic heterocycles. The maximum atomic E-state index is 11.8. The lowest BCUT2D eigenvalue weighted by atomic mass is 10.2. The fourth-order valence-electron chi connectivity index (χ4n) is 2.87. The molecule has 0 unspecified atom stereocenters. The van der Waals surface area contributed by atoms with Gasteiger partial charge in [-0.2, -0.15) is 10.1 Å². The van der Waals surface area contributed by atoms with Crippen molar-refractivity contribution in [3.63, 3.8) is 0 Å². The van der Waals surface area contributed by atoms with E-state index < -0.39 is 0 Å². The molecule has 0 atom stereocenters. The Kier molecular flexibility index (Phi) is 4.38. The van der Waals surface area contributed by atoms with Crippen LogP contribution in [-0.2, 0) is 11.3 Å². The predicted octanol–water partition coefficient (Wildman–Crippen LogP) is 3.88. The first-order valence-electron chi connectivity index (χ1n) is 7.88. The second-order valence-corrected chi connectivity index (χ2v) is 7.33.